The molecular weight excluding hydrogens is 330 g/mol. The molecule has 1 fully saturated rings. The van der Waals surface area contributed by atoms with Gasteiger partial charge in [0.15, 0.2) is 0 Å². The van der Waals surface area contributed by atoms with Gasteiger partial charge in [0.05, 0.1) is 11.6 Å². The zero-order valence-corrected chi connectivity index (χ0v) is 14.5. The van der Waals surface area contributed by atoms with E-state index in [9.17, 15) is 4.79 Å². The van der Waals surface area contributed by atoms with Gasteiger partial charge >= 0.3 is 6.09 Å². The van der Waals surface area contributed by atoms with Gasteiger partial charge in [-0.1, -0.05) is 24.3 Å². The Morgan fingerprint density at radius 3 is 2.23 bits per heavy atom. The van der Waals surface area contributed by atoms with E-state index in [1.165, 1.54) is 0 Å². The number of nitrogens with zero attached hydrogens (tertiary/aromatic N) is 2. The van der Waals surface area contributed by atoms with Crippen LogP contribution in [0.15, 0.2) is 48.5 Å². The van der Waals surface area contributed by atoms with Crippen molar-refractivity contribution in [2.45, 2.75) is 12.8 Å². The second-order valence-electron chi connectivity index (χ2n) is 6.00. The SMILES string of the molecule is N#Cc1ccc(-c2ccc(OCCOC(=O)NN3CCCC3)cc2)cc1. The first-order valence-corrected chi connectivity index (χ1v) is 8.66. The first-order chi connectivity index (χ1) is 12.7. The molecule has 1 aliphatic heterocycles. The minimum atomic E-state index is -0.438. The summed E-state index contributed by atoms with van der Waals surface area (Å²) >= 11 is 0. The van der Waals surface area contributed by atoms with Crippen LogP contribution in [0.2, 0.25) is 0 Å². The van der Waals surface area contributed by atoms with Crippen LogP contribution < -0.4 is 10.2 Å². The van der Waals surface area contributed by atoms with E-state index >= 15 is 0 Å². The second kappa shape index (κ2) is 8.88. The highest BCUT2D eigenvalue weighted by Crippen LogP contribution is 2.22. The number of hydrogen-bond acceptors (Lipinski definition) is 5. The lowest BCUT2D eigenvalue weighted by Gasteiger charge is -2.16. The highest BCUT2D eigenvalue weighted by Gasteiger charge is 2.14. The maximum absolute atomic E-state index is 11.6. The van der Waals surface area contributed by atoms with E-state index in [2.05, 4.69) is 11.5 Å². The van der Waals surface area contributed by atoms with Gasteiger partial charge < -0.3 is 9.47 Å². The molecule has 0 radical (unpaired) electrons. The topological polar surface area (TPSA) is 74.6 Å². The van der Waals surface area contributed by atoms with Gasteiger partial charge in [0.2, 0.25) is 0 Å². The van der Waals surface area contributed by atoms with Crippen molar-refractivity contribution in [2.24, 2.45) is 0 Å². The Bertz CT molecular complexity index is 760. The highest BCUT2D eigenvalue weighted by atomic mass is 16.6. The molecule has 2 aromatic carbocycles. The van der Waals surface area contributed by atoms with Gasteiger partial charge in [-0.15, -0.1) is 0 Å². The van der Waals surface area contributed by atoms with E-state index < -0.39 is 6.09 Å². The van der Waals surface area contributed by atoms with Gasteiger partial charge in [0, 0.05) is 13.1 Å². The number of carbonyl (C=O) groups excluding carboxylic acids is 1. The van der Waals surface area contributed by atoms with Crippen LogP contribution >= 0.6 is 0 Å². The molecule has 1 saturated heterocycles. The summed E-state index contributed by atoms with van der Waals surface area (Å²) in [6.07, 6.45) is 1.76. The van der Waals surface area contributed by atoms with Gasteiger partial charge in [0.1, 0.15) is 19.0 Å². The van der Waals surface area contributed by atoms with Gasteiger partial charge in [-0.2, -0.15) is 5.26 Å². The Labute approximate surface area is 152 Å². The van der Waals surface area contributed by atoms with Crippen LogP contribution in [0.4, 0.5) is 4.79 Å². The summed E-state index contributed by atoms with van der Waals surface area (Å²) in [5.74, 6) is 0.714. The molecule has 0 spiro atoms. The molecule has 0 atom stereocenters. The van der Waals surface area contributed by atoms with E-state index in [0.29, 0.717) is 17.9 Å². The predicted molar refractivity (Wildman–Crippen MR) is 97.4 cm³/mol. The normalized spacial score (nSPS) is 13.8. The van der Waals surface area contributed by atoms with Crippen molar-refractivity contribution >= 4 is 6.09 Å². The van der Waals surface area contributed by atoms with E-state index in [0.717, 1.165) is 37.1 Å². The number of hydrazine groups is 1. The average molecular weight is 351 g/mol. The second-order valence-corrected chi connectivity index (χ2v) is 6.00. The zero-order valence-electron chi connectivity index (χ0n) is 14.5. The van der Waals surface area contributed by atoms with E-state index in [1.807, 2.05) is 41.4 Å². The lowest BCUT2D eigenvalue weighted by molar-refractivity contribution is 0.0996. The summed E-state index contributed by atoms with van der Waals surface area (Å²) in [5, 5.41) is 10.7. The Kier molecular flexibility index (Phi) is 6.07. The maximum atomic E-state index is 11.6. The Hall–Kier alpha value is -3.04. The molecule has 1 amide bonds. The van der Waals surface area contributed by atoms with Gasteiger partial charge in [-0.3, -0.25) is 5.43 Å². The standard InChI is InChI=1S/C20H21N3O3/c21-15-16-3-5-17(6-4-16)18-7-9-19(10-8-18)25-13-14-26-20(24)22-23-11-1-2-12-23/h3-10H,1-2,11-14H2,(H,22,24). The Morgan fingerprint density at radius 2 is 1.62 bits per heavy atom. The molecule has 0 saturated carbocycles. The number of benzene rings is 2. The van der Waals surface area contributed by atoms with Crippen molar-refractivity contribution in [1.29, 1.82) is 5.26 Å². The number of carbonyl (C=O) groups is 1. The number of ether oxygens (including phenoxy) is 2. The van der Waals surface area contributed by atoms with E-state index in [1.54, 1.807) is 12.1 Å². The number of rotatable bonds is 6. The maximum Gasteiger partial charge on any atom is 0.421 e. The van der Waals surface area contributed by atoms with E-state index in [4.69, 9.17) is 14.7 Å². The molecular formula is C20H21N3O3. The summed E-state index contributed by atoms with van der Waals surface area (Å²) in [6, 6.07) is 17.2. The number of hydrogen-bond donors (Lipinski definition) is 1. The molecule has 1 aliphatic rings. The van der Waals surface area contributed by atoms with Crippen LogP contribution in [0.1, 0.15) is 18.4 Å². The van der Waals surface area contributed by atoms with Crippen molar-refractivity contribution in [3.05, 3.63) is 54.1 Å². The fraction of sp³-hybridized carbons (Fsp3) is 0.300. The molecule has 6 heteroatoms. The van der Waals surface area contributed by atoms with Crippen LogP contribution in [0, 0.1) is 11.3 Å². The quantitative estimate of drug-likeness (QED) is 0.808. The summed E-state index contributed by atoms with van der Waals surface area (Å²) in [4.78, 5) is 11.6. The van der Waals surface area contributed by atoms with Crippen LogP contribution in [0.25, 0.3) is 11.1 Å². The smallest absolute Gasteiger partial charge is 0.421 e. The number of amides is 1. The van der Waals surface area contributed by atoms with E-state index in [-0.39, 0.29) is 6.61 Å². The molecule has 134 valence electrons. The van der Waals surface area contributed by atoms with Crippen molar-refractivity contribution in [1.82, 2.24) is 10.4 Å². The molecule has 2 aromatic rings. The average Bonchev–Trinajstić information content (AvgIpc) is 3.19. The summed E-state index contributed by atoms with van der Waals surface area (Å²) in [5.41, 5.74) is 5.43. The Morgan fingerprint density at radius 1 is 1.00 bits per heavy atom. The third-order valence-electron chi connectivity index (χ3n) is 4.14. The van der Waals surface area contributed by atoms with Crippen LogP contribution in [0.5, 0.6) is 5.75 Å². The van der Waals surface area contributed by atoms with Crippen molar-refractivity contribution in [3.63, 3.8) is 0 Å². The molecule has 0 aromatic heterocycles. The fourth-order valence-electron chi connectivity index (χ4n) is 2.77. The lowest BCUT2D eigenvalue weighted by atomic mass is 10.0. The first kappa shape index (κ1) is 17.8. The molecule has 0 aliphatic carbocycles. The molecule has 0 bridgehead atoms. The molecule has 3 rings (SSSR count). The lowest BCUT2D eigenvalue weighted by Crippen LogP contribution is -2.40. The summed E-state index contributed by atoms with van der Waals surface area (Å²) in [7, 11) is 0. The van der Waals surface area contributed by atoms with Crippen LogP contribution in [-0.4, -0.2) is 37.4 Å². The fourth-order valence-corrected chi connectivity index (χ4v) is 2.77. The summed E-state index contributed by atoms with van der Waals surface area (Å²) in [6.45, 7) is 2.23. The largest absolute Gasteiger partial charge is 0.490 e. The Balaban J connectivity index is 1.41. The third-order valence-corrected chi connectivity index (χ3v) is 4.14. The van der Waals surface area contributed by atoms with Crippen molar-refractivity contribution in [3.8, 4) is 22.9 Å². The molecule has 26 heavy (non-hydrogen) atoms. The van der Waals surface area contributed by atoms with Crippen LogP contribution in [-0.2, 0) is 4.74 Å². The predicted octanol–water partition coefficient (Wildman–Crippen LogP) is 3.34. The minimum absolute atomic E-state index is 0.192. The highest BCUT2D eigenvalue weighted by molar-refractivity contribution is 5.66. The summed E-state index contributed by atoms with van der Waals surface area (Å²) < 4.78 is 10.7. The van der Waals surface area contributed by atoms with Crippen LogP contribution in [0.3, 0.4) is 0 Å². The monoisotopic (exact) mass is 351 g/mol. The molecule has 6 nitrogen and oxygen atoms in total. The molecule has 1 heterocycles. The van der Waals surface area contributed by atoms with Gasteiger partial charge in [0.25, 0.3) is 0 Å². The minimum Gasteiger partial charge on any atom is -0.490 e. The zero-order chi connectivity index (χ0) is 18.2. The van der Waals surface area contributed by atoms with Gasteiger partial charge in [-0.25, -0.2) is 9.80 Å². The van der Waals surface area contributed by atoms with Gasteiger partial charge in [-0.05, 0) is 48.2 Å². The van der Waals surface area contributed by atoms with Crippen molar-refractivity contribution < 1.29 is 14.3 Å². The molecule has 1 N–H and O–H groups in total. The number of nitriles is 1. The van der Waals surface area contributed by atoms with Crippen molar-refractivity contribution in [2.75, 3.05) is 26.3 Å². The first-order valence-electron chi connectivity index (χ1n) is 8.66. The molecule has 0 unspecified atom stereocenters. The number of nitrogens with one attached hydrogen (secondary N) is 1. The third kappa shape index (κ3) is 4.98.